The zero-order valence-electron chi connectivity index (χ0n) is 12.1. The third-order valence-corrected chi connectivity index (χ3v) is 5.06. The Morgan fingerprint density at radius 2 is 2.05 bits per heavy atom. The minimum absolute atomic E-state index is 0.196. The molecule has 0 spiro atoms. The van der Waals surface area contributed by atoms with Gasteiger partial charge in [0.05, 0.1) is 12.8 Å². The van der Waals surface area contributed by atoms with Crippen molar-refractivity contribution in [3.05, 3.63) is 52.3 Å². The fourth-order valence-electron chi connectivity index (χ4n) is 1.99. The first-order chi connectivity index (χ1) is 10.7. The first-order valence-electron chi connectivity index (χ1n) is 6.64. The number of aryl methyl sites for hydroxylation is 1. The summed E-state index contributed by atoms with van der Waals surface area (Å²) >= 11 is 2.82. The van der Waals surface area contributed by atoms with Crippen LogP contribution in [0.5, 0.6) is 5.75 Å². The molecule has 0 aliphatic heterocycles. The zero-order valence-corrected chi connectivity index (χ0v) is 13.8. The maximum absolute atomic E-state index is 12.4. The molecule has 0 saturated carbocycles. The second-order valence-electron chi connectivity index (χ2n) is 4.62. The van der Waals surface area contributed by atoms with Gasteiger partial charge in [-0.15, -0.1) is 22.7 Å². The zero-order chi connectivity index (χ0) is 15.5. The van der Waals surface area contributed by atoms with Crippen molar-refractivity contribution in [2.75, 3.05) is 12.4 Å². The number of carbonyl (C=O) groups is 1. The number of carbonyl (C=O) groups excluding carboxylic acids is 1. The Morgan fingerprint density at radius 1 is 1.27 bits per heavy atom. The molecule has 1 aromatic carbocycles. The first-order valence-corrected chi connectivity index (χ1v) is 8.33. The maximum Gasteiger partial charge on any atom is 0.271 e. The molecule has 0 fully saturated rings. The molecule has 0 radical (unpaired) electrons. The third kappa shape index (κ3) is 3.03. The second kappa shape index (κ2) is 6.29. The minimum Gasteiger partial charge on any atom is -0.495 e. The summed E-state index contributed by atoms with van der Waals surface area (Å²) in [7, 11) is 1.57. The van der Waals surface area contributed by atoms with Gasteiger partial charge in [0, 0.05) is 10.3 Å². The Bertz CT molecular complexity index is 794. The number of hydrogen-bond acceptors (Lipinski definition) is 5. The van der Waals surface area contributed by atoms with E-state index < -0.39 is 0 Å². The molecule has 1 amide bonds. The summed E-state index contributed by atoms with van der Waals surface area (Å²) in [4.78, 5) is 18.2. The highest BCUT2D eigenvalue weighted by Crippen LogP contribution is 2.36. The monoisotopic (exact) mass is 330 g/mol. The van der Waals surface area contributed by atoms with Crippen molar-refractivity contribution >= 4 is 33.7 Å². The van der Waals surface area contributed by atoms with E-state index in [4.69, 9.17) is 4.74 Å². The van der Waals surface area contributed by atoms with Crippen molar-refractivity contribution < 1.29 is 9.53 Å². The van der Waals surface area contributed by atoms with Crippen LogP contribution >= 0.6 is 22.7 Å². The molecule has 0 aliphatic carbocycles. The largest absolute Gasteiger partial charge is 0.495 e. The molecule has 4 nitrogen and oxygen atoms in total. The Hall–Kier alpha value is -2.18. The Labute approximate surface area is 136 Å². The maximum atomic E-state index is 12.4. The van der Waals surface area contributed by atoms with E-state index >= 15 is 0 Å². The van der Waals surface area contributed by atoms with Crippen LogP contribution in [-0.2, 0) is 0 Å². The van der Waals surface area contributed by atoms with Crippen LogP contribution in [0.2, 0.25) is 0 Å². The summed E-state index contributed by atoms with van der Waals surface area (Å²) in [6, 6.07) is 11.8. The number of thiazole rings is 1. The smallest absolute Gasteiger partial charge is 0.271 e. The minimum atomic E-state index is -0.196. The molecule has 22 heavy (non-hydrogen) atoms. The summed E-state index contributed by atoms with van der Waals surface area (Å²) in [5.74, 6) is 0.382. The van der Waals surface area contributed by atoms with Crippen molar-refractivity contribution in [2.45, 2.75) is 6.92 Å². The van der Waals surface area contributed by atoms with Gasteiger partial charge in [-0.25, -0.2) is 4.98 Å². The molecule has 2 heterocycles. The van der Waals surface area contributed by atoms with Gasteiger partial charge in [0.15, 0.2) is 5.13 Å². The number of aromatic nitrogens is 1. The Kier molecular flexibility index (Phi) is 4.22. The number of amides is 1. The molecule has 3 rings (SSSR count). The molecule has 112 valence electrons. The Balaban J connectivity index is 1.89. The van der Waals surface area contributed by atoms with E-state index in [1.807, 2.05) is 48.7 Å². The van der Waals surface area contributed by atoms with E-state index in [-0.39, 0.29) is 5.91 Å². The topological polar surface area (TPSA) is 51.2 Å². The lowest BCUT2D eigenvalue weighted by Crippen LogP contribution is -2.10. The van der Waals surface area contributed by atoms with E-state index in [9.17, 15) is 4.79 Å². The molecule has 0 unspecified atom stereocenters. The van der Waals surface area contributed by atoms with E-state index in [0.717, 1.165) is 16.1 Å². The van der Waals surface area contributed by atoms with Crippen molar-refractivity contribution in [1.82, 2.24) is 4.98 Å². The third-order valence-electron chi connectivity index (χ3n) is 3.02. The summed E-state index contributed by atoms with van der Waals surface area (Å²) in [6.07, 6.45) is 0. The van der Waals surface area contributed by atoms with Crippen molar-refractivity contribution in [2.24, 2.45) is 0 Å². The Morgan fingerprint density at radius 3 is 2.68 bits per heavy atom. The quantitative estimate of drug-likeness (QED) is 0.769. The van der Waals surface area contributed by atoms with Crippen LogP contribution in [0.1, 0.15) is 15.4 Å². The van der Waals surface area contributed by atoms with Crippen LogP contribution in [-0.4, -0.2) is 18.0 Å². The number of methoxy groups -OCH3 is 1. The summed E-state index contributed by atoms with van der Waals surface area (Å²) in [5.41, 5.74) is 1.96. The summed E-state index contributed by atoms with van der Waals surface area (Å²) in [6.45, 7) is 1.89. The van der Waals surface area contributed by atoms with Crippen LogP contribution in [0.3, 0.4) is 0 Å². The van der Waals surface area contributed by atoms with Crippen LogP contribution in [0.15, 0.2) is 41.8 Å². The van der Waals surface area contributed by atoms with Crippen molar-refractivity contribution in [1.29, 1.82) is 0 Å². The molecule has 6 heteroatoms. The average Bonchev–Trinajstić information content (AvgIpc) is 3.14. The SMILES string of the molecule is COc1cc(-c2ccccc2)sc1C(=O)Nc1nc(C)cs1. The highest BCUT2D eigenvalue weighted by Gasteiger charge is 2.19. The molecular weight excluding hydrogens is 316 g/mol. The fraction of sp³-hybridized carbons (Fsp3) is 0.125. The number of nitrogens with one attached hydrogen (secondary N) is 1. The van der Waals surface area contributed by atoms with Crippen LogP contribution in [0.25, 0.3) is 10.4 Å². The molecule has 1 N–H and O–H groups in total. The van der Waals surface area contributed by atoms with Gasteiger partial charge in [-0.3, -0.25) is 10.1 Å². The number of benzene rings is 1. The van der Waals surface area contributed by atoms with Gasteiger partial charge in [0.25, 0.3) is 5.91 Å². The van der Waals surface area contributed by atoms with Crippen molar-refractivity contribution in [3.63, 3.8) is 0 Å². The standard InChI is InChI=1S/C16H14N2O2S2/c1-10-9-21-16(17-10)18-15(19)14-12(20-2)8-13(22-14)11-6-4-3-5-7-11/h3-9H,1-2H3,(H,17,18,19). The molecule has 0 aliphatic rings. The highest BCUT2D eigenvalue weighted by atomic mass is 32.1. The van der Waals surface area contributed by atoms with Gasteiger partial charge in [0.1, 0.15) is 10.6 Å². The van der Waals surface area contributed by atoms with Gasteiger partial charge in [0.2, 0.25) is 0 Å². The van der Waals surface area contributed by atoms with Gasteiger partial charge in [-0.2, -0.15) is 0 Å². The number of anilines is 1. The molecule has 3 aromatic rings. The van der Waals surface area contributed by atoms with E-state index in [2.05, 4.69) is 10.3 Å². The van der Waals surface area contributed by atoms with Gasteiger partial charge < -0.3 is 4.74 Å². The van der Waals surface area contributed by atoms with E-state index in [1.165, 1.54) is 22.7 Å². The average molecular weight is 330 g/mol. The number of ether oxygens (including phenoxy) is 1. The molecule has 0 saturated heterocycles. The van der Waals surface area contributed by atoms with Gasteiger partial charge in [-0.1, -0.05) is 30.3 Å². The number of rotatable bonds is 4. The van der Waals surface area contributed by atoms with Crippen LogP contribution in [0, 0.1) is 6.92 Å². The predicted molar refractivity (Wildman–Crippen MR) is 91.1 cm³/mol. The summed E-state index contributed by atoms with van der Waals surface area (Å²) < 4.78 is 5.34. The lowest BCUT2D eigenvalue weighted by atomic mass is 10.2. The fourth-order valence-corrected chi connectivity index (χ4v) is 3.70. The first kappa shape index (κ1) is 14.7. The second-order valence-corrected chi connectivity index (χ2v) is 6.53. The van der Waals surface area contributed by atoms with Crippen LogP contribution < -0.4 is 10.1 Å². The molecule has 2 aromatic heterocycles. The van der Waals surface area contributed by atoms with E-state index in [0.29, 0.717) is 15.8 Å². The number of hydrogen-bond donors (Lipinski definition) is 1. The normalized spacial score (nSPS) is 10.5. The number of thiophene rings is 1. The molecule has 0 atom stereocenters. The lowest BCUT2D eigenvalue weighted by Gasteiger charge is -2.01. The predicted octanol–water partition coefficient (Wildman–Crippen LogP) is 4.44. The van der Waals surface area contributed by atoms with Crippen LogP contribution in [0.4, 0.5) is 5.13 Å². The highest BCUT2D eigenvalue weighted by molar-refractivity contribution is 7.18. The van der Waals surface area contributed by atoms with Crippen molar-refractivity contribution in [3.8, 4) is 16.2 Å². The van der Waals surface area contributed by atoms with Gasteiger partial charge >= 0.3 is 0 Å². The van der Waals surface area contributed by atoms with E-state index in [1.54, 1.807) is 7.11 Å². The molecule has 0 bridgehead atoms. The van der Waals surface area contributed by atoms with Gasteiger partial charge in [-0.05, 0) is 18.6 Å². The summed E-state index contributed by atoms with van der Waals surface area (Å²) in [5, 5.41) is 5.31. The molecular formula is C16H14N2O2S2. The number of nitrogens with zero attached hydrogens (tertiary/aromatic N) is 1. The lowest BCUT2D eigenvalue weighted by molar-refractivity contribution is 0.102.